The van der Waals surface area contributed by atoms with Crippen LogP contribution < -0.4 is 5.32 Å². The van der Waals surface area contributed by atoms with Gasteiger partial charge in [-0.1, -0.05) is 13.8 Å². The Morgan fingerprint density at radius 2 is 1.86 bits per heavy atom. The minimum atomic E-state index is -2.78. The third-order valence-electron chi connectivity index (χ3n) is 4.65. The predicted octanol–water partition coefficient (Wildman–Crippen LogP) is 2.24. The number of hydrogen-bond donors (Lipinski definition) is 1. The summed E-state index contributed by atoms with van der Waals surface area (Å²) < 4.78 is 29.1. The molecule has 2 atom stereocenters. The van der Waals surface area contributed by atoms with E-state index < -0.39 is 9.84 Å². The van der Waals surface area contributed by atoms with Crippen molar-refractivity contribution < 1.29 is 13.2 Å². The van der Waals surface area contributed by atoms with E-state index in [1.165, 1.54) is 12.8 Å². The number of ether oxygens (including phenoxy) is 1. The smallest absolute Gasteiger partial charge is 0.150 e. The van der Waals surface area contributed by atoms with Crippen LogP contribution in [0.25, 0.3) is 0 Å². The average molecular weight is 317 g/mol. The van der Waals surface area contributed by atoms with Crippen molar-refractivity contribution in [1.82, 2.24) is 5.32 Å². The largest absolute Gasteiger partial charge is 0.381 e. The van der Waals surface area contributed by atoms with E-state index in [1.54, 1.807) is 0 Å². The van der Waals surface area contributed by atoms with Crippen LogP contribution in [-0.4, -0.2) is 45.7 Å². The Kier molecular flexibility index (Phi) is 6.51. The summed E-state index contributed by atoms with van der Waals surface area (Å²) in [6, 6.07) is 0.687. The highest BCUT2D eigenvalue weighted by molar-refractivity contribution is 7.91. The zero-order valence-electron chi connectivity index (χ0n) is 13.5. The van der Waals surface area contributed by atoms with Crippen LogP contribution in [0.2, 0.25) is 0 Å². The fourth-order valence-corrected chi connectivity index (χ4v) is 4.88. The zero-order valence-corrected chi connectivity index (χ0v) is 14.3. The Morgan fingerprint density at radius 3 is 2.43 bits per heavy atom. The molecule has 1 heterocycles. The summed E-state index contributed by atoms with van der Waals surface area (Å²) in [6.07, 6.45) is 5.48. The molecule has 0 radical (unpaired) electrons. The van der Waals surface area contributed by atoms with Gasteiger partial charge in [0.15, 0.2) is 9.84 Å². The van der Waals surface area contributed by atoms with Crippen LogP contribution in [0, 0.1) is 17.8 Å². The molecule has 1 N–H and O–H groups in total. The van der Waals surface area contributed by atoms with Crippen LogP contribution in [0.15, 0.2) is 0 Å². The minimum Gasteiger partial charge on any atom is -0.381 e. The molecule has 0 aromatic rings. The molecular formula is C16H31NO3S. The van der Waals surface area contributed by atoms with Crippen molar-refractivity contribution in [3.8, 4) is 0 Å². The molecule has 1 aliphatic heterocycles. The Balaban J connectivity index is 1.72. The number of sulfone groups is 1. The summed E-state index contributed by atoms with van der Waals surface area (Å²) >= 11 is 0. The number of hydrogen-bond acceptors (Lipinski definition) is 4. The molecular weight excluding hydrogens is 286 g/mol. The van der Waals surface area contributed by atoms with Gasteiger partial charge in [0.1, 0.15) is 0 Å². The Bertz CT molecular complexity index is 404. The van der Waals surface area contributed by atoms with Crippen LogP contribution in [-0.2, 0) is 14.6 Å². The van der Waals surface area contributed by atoms with Gasteiger partial charge >= 0.3 is 0 Å². The van der Waals surface area contributed by atoms with Gasteiger partial charge < -0.3 is 10.1 Å². The van der Waals surface area contributed by atoms with Gasteiger partial charge in [0, 0.05) is 19.3 Å². The Labute approximate surface area is 129 Å². The van der Waals surface area contributed by atoms with Crippen molar-refractivity contribution in [2.75, 3.05) is 31.3 Å². The van der Waals surface area contributed by atoms with Gasteiger partial charge in [-0.05, 0) is 56.4 Å². The van der Waals surface area contributed by atoms with E-state index in [1.807, 2.05) is 0 Å². The Morgan fingerprint density at radius 1 is 1.14 bits per heavy atom. The Hall–Kier alpha value is -0.130. The number of nitrogens with one attached hydrogen (secondary N) is 1. The van der Waals surface area contributed by atoms with E-state index in [4.69, 9.17) is 4.74 Å². The van der Waals surface area contributed by atoms with Gasteiger partial charge in [-0.3, -0.25) is 0 Å². The van der Waals surface area contributed by atoms with E-state index >= 15 is 0 Å². The minimum absolute atomic E-state index is 0.329. The highest BCUT2D eigenvalue weighted by atomic mass is 32.2. The quantitative estimate of drug-likeness (QED) is 0.628. The predicted molar refractivity (Wildman–Crippen MR) is 86.2 cm³/mol. The maximum Gasteiger partial charge on any atom is 0.150 e. The van der Waals surface area contributed by atoms with Gasteiger partial charge in [-0.25, -0.2) is 8.42 Å². The summed E-state index contributed by atoms with van der Waals surface area (Å²) in [5.74, 6) is 2.22. The monoisotopic (exact) mass is 317 g/mol. The van der Waals surface area contributed by atoms with Crippen molar-refractivity contribution in [2.24, 2.45) is 17.8 Å². The third kappa shape index (κ3) is 6.66. The van der Waals surface area contributed by atoms with Crippen LogP contribution in [0.1, 0.15) is 46.0 Å². The molecule has 124 valence electrons. The van der Waals surface area contributed by atoms with Gasteiger partial charge in [-0.2, -0.15) is 0 Å². The van der Waals surface area contributed by atoms with Crippen molar-refractivity contribution in [2.45, 2.75) is 52.0 Å². The maximum absolute atomic E-state index is 11.7. The summed E-state index contributed by atoms with van der Waals surface area (Å²) in [5.41, 5.74) is 0. The normalized spacial score (nSPS) is 26.3. The molecule has 2 rings (SSSR count). The molecule has 4 nitrogen and oxygen atoms in total. The first-order valence-electron chi connectivity index (χ1n) is 8.48. The van der Waals surface area contributed by atoms with Crippen LogP contribution >= 0.6 is 0 Å². The van der Waals surface area contributed by atoms with Crippen LogP contribution in [0.4, 0.5) is 0 Å². The highest BCUT2D eigenvalue weighted by Gasteiger charge is 2.34. The second-order valence-corrected chi connectivity index (χ2v) is 9.42. The van der Waals surface area contributed by atoms with E-state index in [2.05, 4.69) is 19.2 Å². The van der Waals surface area contributed by atoms with Crippen molar-refractivity contribution in [3.63, 3.8) is 0 Å². The first kappa shape index (κ1) is 17.2. The lowest BCUT2D eigenvalue weighted by Crippen LogP contribution is -2.31. The second kappa shape index (κ2) is 7.93. The van der Waals surface area contributed by atoms with Gasteiger partial charge in [0.05, 0.1) is 11.5 Å². The topological polar surface area (TPSA) is 55.4 Å². The standard InChI is InChI=1S/C16H31NO3S/c1-13(2)5-8-20-9-6-14(11-17-16-3-4-16)15-7-10-21(18,19)12-15/h13-17H,3-12H2,1-2H3. The molecule has 1 aliphatic carbocycles. The fraction of sp³-hybridized carbons (Fsp3) is 1.00. The van der Waals surface area contributed by atoms with Crippen molar-refractivity contribution in [3.05, 3.63) is 0 Å². The molecule has 21 heavy (non-hydrogen) atoms. The highest BCUT2D eigenvalue weighted by Crippen LogP contribution is 2.29. The number of rotatable bonds is 10. The van der Waals surface area contributed by atoms with Gasteiger partial charge in [0.25, 0.3) is 0 Å². The summed E-state index contributed by atoms with van der Waals surface area (Å²) in [7, 11) is -2.78. The summed E-state index contributed by atoms with van der Waals surface area (Å²) in [4.78, 5) is 0. The van der Waals surface area contributed by atoms with Gasteiger partial charge in [-0.15, -0.1) is 0 Å². The molecule has 0 amide bonds. The molecule has 2 fully saturated rings. The summed E-state index contributed by atoms with van der Waals surface area (Å²) in [5, 5.41) is 3.57. The lowest BCUT2D eigenvalue weighted by atomic mass is 9.89. The van der Waals surface area contributed by atoms with Crippen molar-refractivity contribution in [1.29, 1.82) is 0 Å². The fourth-order valence-electron chi connectivity index (χ4n) is 2.96. The molecule has 1 saturated heterocycles. The van der Waals surface area contributed by atoms with Crippen molar-refractivity contribution >= 4 is 9.84 Å². The first-order valence-corrected chi connectivity index (χ1v) is 10.3. The average Bonchev–Trinajstić information content (AvgIpc) is 3.15. The molecule has 0 spiro atoms. The summed E-state index contributed by atoms with van der Waals surface area (Å²) in [6.45, 7) is 6.95. The molecule has 5 heteroatoms. The van der Waals surface area contributed by atoms with Gasteiger partial charge in [0.2, 0.25) is 0 Å². The lowest BCUT2D eigenvalue weighted by molar-refractivity contribution is 0.103. The van der Waals surface area contributed by atoms with E-state index in [0.717, 1.165) is 39.0 Å². The molecule has 1 saturated carbocycles. The lowest BCUT2D eigenvalue weighted by Gasteiger charge is -2.23. The van der Waals surface area contributed by atoms with E-state index in [0.29, 0.717) is 35.3 Å². The van der Waals surface area contributed by atoms with E-state index in [9.17, 15) is 8.42 Å². The van der Waals surface area contributed by atoms with Crippen LogP contribution in [0.5, 0.6) is 0 Å². The molecule has 0 aromatic heterocycles. The first-order chi connectivity index (χ1) is 9.96. The zero-order chi connectivity index (χ0) is 15.3. The SMILES string of the molecule is CC(C)CCOCCC(CNC1CC1)C1CCS(=O)(=O)C1. The maximum atomic E-state index is 11.7. The second-order valence-electron chi connectivity index (χ2n) is 7.19. The molecule has 0 aromatic carbocycles. The van der Waals surface area contributed by atoms with Crippen LogP contribution in [0.3, 0.4) is 0 Å². The molecule has 2 unspecified atom stereocenters. The molecule has 0 bridgehead atoms. The molecule has 2 aliphatic rings. The van der Waals surface area contributed by atoms with E-state index in [-0.39, 0.29) is 0 Å². The third-order valence-corrected chi connectivity index (χ3v) is 6.45.